The van der Waals surface area contributed by atoms with E-state index in [2.05, 4.69) is 66.1 Å². The lowest BCUT2D eigenvalue weighted by Crippen LogP contribution is -2.47. The molecule has 3 heteroatoms. The smallest absolute Gasteiger partial charge is 0.0630 e. The number of likely N-dealkylation sites (N-methyl/N-ethyl adjacent to an activating group) is 1. The van der Waals surface area contributed by atoms with E-state index in [4.69, 9.17) is 0 Å². The second-order valence-corrected chi connectivity index (χ2v) is 5.90. The quantitative estimate of drug-likeness (QED) is 0.776. The van der Waals surface area contributed by atoms with Gasteiger partial charge in [0, 0.05) is 23.6 Å². The normalized spacial score (nSPS) is 18.3. The zero-order chi connectivity index (χ0) is 11.2. The number of hydrogen-bond acceptors (Lipinski definition) is 2. The molecule has 0 aromatic heterocycles. The fourth-order valence-electron chi connectivity index (χ4n) is 2.41. The van der Waals surface area contributed by atoms with Gasteiger partial charge in [0.15, 0.2) is 0 Å². The van der Waals surface area contributed by atoms with Crippen molar-refractivity contribution < 1.29 is 0 Å². The first-order valence-electron chi connectivity index (χ1n) is 5.18. The summed E-state index contributed by atoms with van der Waals surface area (Å²) in [5, 5.41) is 3.58. The van der Waals surface area contributed by atoms with Crippen LogP contribution in [0.3, 0.4) is 0 Å². The van der Waals surface area contributed by atoms with Crippen molar-refractivity contribution >= 4 is 27.3 Å². The molecule has 1 aromatic carbocycles. The number of nitrogens with zero attached hydrogens (tertiary/aromatic N) is 1. The van der Waals surface area contributed by atoms with Crippen LogP contribution in [0.5, 0.6) is 0 Å². The second kappa shape index (κ2) is 3.41. The molecule has 15 heavy (non-hydrogen) atoms. The summed E-state index contributed by atoms with van der Waals surface area (Å²) in [5.41, 5.74) is 3.98. The molecule has 0 saturated heterocycles. The summed E-state index contributed by atoms with van der Waals surface area (Å²) in [6.45, 7) is 7.63. The van der Waals surface area contributed by atoms with Crippen molar-refractivity contribution in [2.24, 2.45) is 0 Å². The van der Waals surface area contributed by atoms with Crippen molar-refractivity contribution in [3.8, 4) is 0 Å². The number of nitrogens with one attached hydrogen (secondary N) is 1. The van der Waals surface area contributed by atoms with Gasteiger partial charge in [-0.25, -0.2) is 0 Å². The van der Waals surface area contributed by atoms with Crippen LogP contribution in [0.15, 0.2) is 16.6 Å². The number of rotatable bonds is 0. The topological polar surface area (TPSA) is 15.3 Å². The predicted octanol–water partition coefficient (Wildman–Crippen LogP) is 3.40. The molecule has 0 atom stereocenters. The summed E-state index contributed by atoms with van der Waals surface area (Å²) >= 11 is 3.54. The maximum absolute atomic E-state index is 3.58. The molecule has 0 aliphatic carbocycles. The van der Waals surface area contributed by atoms with Gasteiger partial charge in [0.05, 0.1) is 11.4 Å². The van der Waals surface area contributed by atoms with Crippen LogP contribution in [0.2, 0.25) is 0 Å². The SMILES string of the molecule is Cc1cc(Br)cc2c1N(C)CC(C)(C)N2. The molecule has 0 fully saturated rings. The van der Waals surface area contributed by atoms with Gasteiger partial charge in [-0.15, -0.1) is 0 Å². The molecule has 82 valence electrons. The second-order valence-electron chi connectivity index (χ2n) is 4.98. The predicted molar refractivity (Wildman–Crippen MR) is 69.9 cm³/mol. The van der Waals surface area contributed by atoms with E-state index in [9.17, 15) is 0 Å². The highest BCUT2D eigenvalue weighted by Gasteiger charge is 2.28. The van der Waals surface area contributed by atoms with Gasteiger partial charge in [0.1, 0.15) is 0 Å². The zero-order valence-electron chi connectivity index (χ0n) is 9.69. The van der Waals surface area contributed by atoms with Crippen molar-refractivity contribution in [2.45, 2.75) is 26.3 Å². The van der Waals surface area contributed by atoms with Crippen LogP contribution >= 0.6 is 15.9 Å². The highest BCUT2D eigenvalue weighted by Crippen LogP contribution is 2.38. The van der Waals surface area contributed by atoms with Crippen LogP contribution in [0, 0.1) is 6.92 Å². The highest BCUT2D eigenvalue weighted by molar-refractivity contribution is 9.10. The summed E-state index contributed by atoms with van der Waals surface area (Å²) in [5.74, 6) is 0. The third-order valence-corrected chi connectivity index (χ3v) is 3.21. The molecular formula is C12H17BrN2. The Kier molecular flexibility index (Phi) is 2.45. The number of halogens is 1. The first-order valence-corrected chi connectivity index (χ1v) is 5.98. The molecule has 1 aromatic rings. The molecule has 0 amide bonds. The van der Waals surface area contributed by atoms with E-state index in [1.807, 2.05) is 0 Å². The van der Waals surface area contributed by atoms with E-state index in [-0.39, 0.29) is 5.54 Å². The third-order valence-electron chi connectivity index (χ3n) is 2.75. The Labute approximate surface area is 99.8 Å². The third kappa shape index (κ3) is 1.98. The number of fused-ring (bicyclic) bond motifs is 1. The first-order chi connectivity index (χ1) is 6.89. The number of anilines is 2. The van der Waals surface area contributed by atoms with E-state index in [0.29, 0.717) is 0 Å². The maximum atomic E-state index is 3.58. The minimum Gasteiger partial charge on any atom is -0.377 e. The molecule has 0 bridgehead atoms. The number of hydrogen-bond donors (Lipinski definition) is 1. The first kappa shape index (κ1) is 10.8. The molecule has 0 unspecified atom stereocenters. The average Bonchev–Trinajstić information content (AvgIpc) is 1.97. The summed E-state index contributed by atoms with van der Waals surface area (Å²) in [4.78, 5) is 2.33. The minimum atomic E-state index is 0.134. The minimum absolute atomic E-state index is 0.134. The average molecular weight is 269 g/mol. The van der Waals surface area contributed by atoms with Crippen molar-refractivity contribution in [1.29, 1.82) is 0 Å². The van der Waals surface area contributed by atoms with Gasteiger partial charge >= 0.3 is 0 Å². The van der Waals surface area contributed by atoms with Crippen LogP contribution in [-0.4, -0.2) is 19.1 Å². The summed E-state index contributed by atoms with van der Waals surface area (Å²) in [6.07, 6.45) is 0. The van der Waals surface area contributed by atoms with Gasteiger partial charge in [-0.1, -0.05) is 15.9 Å². The molecule has 2 rings (SSSR count). The fraction of sp³-hybridized carbons (Fsp3) is 0.500. The van der Waals surface area contributed by atoms with Crippen LogP contribution < -0.4 is 10.2 Å². The molecule has 1 aliphatic heterocycles. The molecule has 2 nitrogen and oxygen atoms in total. The highest BCUT2D eigenvalue weighted by atomic mass is 79.9. The van der Waals surface area contributed by atoms with Crippen molar-refractivity contribution in [2.75, 3.05) is 23.8 Å². The summed E-state index contributed by atoms with van der Waals surface area (Å²) in [6, 6.07) is 4.31. The lowest BCUT2D eigenvalue weighted by molar-refractivity contribution is 0.549. The van der Waals surface area contributed by atoms with Gasteiger partial charge in [-0.2, -0.15) is 0 Å². The molecule has 1 heterocycles. The summed E-state index contributed by atoms with van der Waals surface area (Å²) in [7, 11) is 2.16. The van der Waals surface area contributed by atoms with E-state index >= 15 is 0 Å². The lowest BCUT2D eigenvalue weighted by Gasteiger charge is -2.41. The van der Waals surface area contributed by atoms with Crippen LogP contribution in [-0.2, 0) is 0 Å². The molecule has 0 spiro atoms. The fourth-order valence-corrected chi connectivity index (χ4v) is 2.99. The Morgan fingerprint density at radius 3 is 2.73 bits per heavy atom. The molecule has 0 saturated carbocycles. The largest absolute Gasteiger partial charge is 0.377 e. The monoisotopic (exact) mass is 268 g/mol. The lowest BCUT2D eigenvalue weighted by atomic mass is 9.98. The van der Waals surface area contributed by atoms with E-state index in [1.54, 1.807) is 0 Å². The standard InChI is InChI=1S/C12H17BrN2/c1-8-5-9(13)6-10-11(8)15(4)7-12(2,3)14-10/h5-6,14H,7H2,1-4H3. The molecule has 1 aliphatic rings. The van der Waals surface area contributed by atoms with E-state index < -0.39 is 0 Å². The molecule has 1 N–H and O–H groups in total. The zero-order valence-corrected chi connectivity index (χ0v) is 11.3. The van der Waals surface area contributed by atoms with Crippen LogP contribution in [0.25, 0.3) is 0 Å². The van der Waals surface area contributed by atoms with Crippen molar-refractivity contribution in [3.63, 3.8) is 0 Å². The Morgan fingerprint density at radius 2 is 2.07 bits per heavy atom. The number of benzene rings is 1. The van der Waals surface area contributed by atoms with Crippen LogP contribution in [0.4, 0.5) is 11.4 Å². The molecular weight excluding hydrogens is 252 g/mol. The van der Waals surface area contributed by atoms with Gasteiger partial charge in [0.2, 0.25) is 0 Å². The Hall–Kier alpha value is -0.700. The van der Waals surface area contributed by atoms with E-state index in [0.717, 1.165) is 11.0 Å². The van der Waals surface area contributed by atoms with Gasteiger partial charge < -0.3 is 10.2 Å². The van der Waals surface area contributed by atoms with Crippen LogP contribution in [0.1, 0.15) is 19.4 Å². The van der Waals surface area contributed by atoms with E-state index in [1.165, 1.54) is 16.9 Å². The van der Waals surface area contributed by atoms with Gasteiger partial charge in [-0.3, -0.25) is 0 Å². The Balaban J connectivity index is 2.55. The Bertz CT molecular complexity index is 399. The maximum Gasteiger partial charge on any atom is 0.0630 e. The van der Waals surface area contributed by atoms with Gasteiger partial charge in [0.25, 0.3) is 0 Å². The van der Waals surface area contributed by atoms with Crippen molar-refractivity contribution in [1.82, 2.24) is 0 Å². The van der Waals surface area contributed by atoms with Gasteiger partial charge in [-0.05, 0) is 38.5 Å². The summed E-state index contributed by atoms with van der Waals surface area (Å²) < 4.78 is 1.14. The van der Waals surface area contributed by atoms with Crippen molar-refractivity contribution in [3.05, 3.63) is 22.2 Å². The number of aryl methyl sites for hydroxylation is 1. The molecule has 0 radical (unpaired) electrons. The Morgan fingerprint density at radius 1 is 1.40 bits per heavy atom.